The Morgan fingerprint density at radius 3 is 2.55 bits per heavy atom. The minimum Gasteiger partial charge on any atom is -0.462 e. The van der Waals surface area contributed by atoms with Crippen molar-refractivity contribution in [2.24, 2.45) is 0 Å². The molecule has 0 spiro atoms. The van der Waals surface area contributed by atoms with E-state index in [-0.39, 0.29) is 6.61 Å². The number of nitro groups is 1. The van der Waals surface area contributed by atoms with E-state index in [1.165, 1.54) is 0 Å². The summed E-state index contributed by atoms with van der Waals surface area (Å²) in [6.45, 7) is 2.14. The summed E-state index contributed by atoms with van der Waals surface area (Å²) in [7, 11) is 0. The van der Waals surface area contributed by atoms with Crippen LogP contribution in [-0.2, 0) is 4.74 Å². The number of halogens is 2. The molecule has 0 aliphatic heterocycles. The van der Waals surface area contributed by atoms with Crippen LogP contribution in [0.25, 0.3) is 0 Å². The largest absolute Gasteiger partial charge is 0.462 e. The molecule has 5 nitrogen and oxygen atoms in total. The molecule has 0 saturated heterocycles. The van der Waals surface area contributed by atoms with E-state index in [9.17, 15) is 23.7 Å². The van der Waals surface area contributed by atoms with Crippen LogP contribution in [-0.4, -0.2) is 17.5 Å². The van der Waals surface area contributed by atoms with E-state index in [4.69, 9.17) is 4.74 Å². The highest BCUT2D eigenvalue weighted by Crippen LogP contribution is 2.22. The lowest BCUT2D eigenvalue weighted by atomic mass is 10.2. The highest BCUT2D eigenvalue weighted by atomic mass is 19.1. The van der Waals surface area contributed by atoms with Gasteiger partial charge in [-0.2, -0.15) is 4.39 Å². The van der Waals surface area contributed by atoms with Crippen molar-refractivity contribution in [1.82, 2.24) is 0 Å². The molecule has 1 rings (SSSR count). The number of benzene rings is 1. The summed E-state index contributed by atoms with van der Waals surface area (Å²) in [5, 5.41) is 10.4. The fraction of sp³-hybridized carbons (Fsp3) is 0.462. The van der Waals surface area contributed by atoms with E-state index in [0.717, 1.165) is 19.3 Å². The zero-order valence-electron chi connectivity index (χ0n) is 11.0. The van der Waals surface area contributed by atoms with Gasteiger partial charge in [0.25, 0.3) is 0 Å². The van der Waals surface area contributed by atoms with Gasteiger partial charge in [0.1, 0.15) is 5.82 Å². The Balaban J connectivity index is 2.69. The zero-order chi connectivity index (χ0) is 15.1. The number of ether oxygens (including phenoxy) is 1. The van der Waals surface area contributed by atoms with Crippen molar-refractivity contribution in [3.63, 3.8) is 0 Å². The van der Waals surface area contributed by atoms with E-state index in [0.29, 0.717) is 18.6 Å². The Kier molecular flexibility index (Phi) is 6.02. The lowest BCUT2D eigenvalue weighted by Crippen LogP contribution is -2.10. The first-order valence-electron chi connectivity index (χ1n) is 6.28. The predicted octanol–water partition coefficient (Wildman–Crippen LogP) is 3.61. The lowest BCUT2D eigenvalue weighted by molar-refractivity contribution is -0.387. The highest BCUT2D eigenvalue weighted by molar-refractivity contribution is 5.90. The first-order valence-corrected chi connectivity index (χ1v) is 6.28. The fourth-order valence-electron chi connectivity index (χ4n) is 1.60. The number of rotatable bonds is 7. The van der Waals surface area contributed by atoms with Gasteiger partial charge >= 0.3 is 11.7 Å². The molecule has 0 aliphatic rings. The van der Waals surface area contributed by atoms with Crippen LogP contribution in [0, 0.1) is 21.7 Å². The molecule has 0 amide bonds. The summed E-state index contributed by atoms with van der Waals surface area (Å²) < 4.78 is 31.6. The van der Waals surface area contributed by atoms with Crippen molar-refractivity contribution in [2.45, 2.75) is 32.6 Å². The molecule has 0 unspecified atom stereocenters. The van der Waals surface area contributed by atoms with Crippen molar-refractivity contribution in [3.05, 3.63) is 39.4 Å². The van der Waals surface area contributed by atoms with Crippen molar-refractivity contribution < 1.29 is 23.2 Å². The van der Waals surface area contributed by atoms with Crippen molar-refractivity contribution in [1.29, 1.82) is 0 Å². The number of esters is 1. The number of hydrogen-bond acceptors (Lipinski definition) is 4. The quantitative estimate of drug-likeness (QED) is 0.332. The second kappa shape index (κ2) is 7.52. The van der Waals surface area contributed by atoms with Gasteiger partial charge in [0, 0.05) is 0 Å². The van der Waals surface area contributed by atoms with Crippen molar-refractivity contribution >= 4 is 11.7 Å². The van der Waals surface area contributed by atoms with Crippen LogP contribution in [0.4, 0.5) is 14.5 Å². The van der Waals surface area contributed by atoms with Crippen LogP contribution in [0.15, 0.2) is 12.1 Å². The SMILES string of the molecule is CCCCCCOC(=O)c1cc(F)c([N+](=O)[O-])cc1F. The monoisotopic (exact) mass is 287 g/mol. The summed E-state index contributed by atoms with van der Waals surface area (Å²) in [6, 6.07) is 0.866. The molecule has 0 fully saturated rings. The Bertz CT molecular complexity index is 505. The second-order valence-electron chi connectivity index (χ2n) is 4.24. The van der Waals surface area contributed by atoms with E-state index < -0.39 is 33.8 Å². The predicted molar refractivity (Wildman–Crippen MR) is 67.4 cm³/mol. The molecular weight excluding hydrogens is 272 g/mol. The summed E-state index contributed by atoms with van der Waals surface area (Å²) >= 11 is 0. The van der Waals surface area contributed by atoms with Crippen LogP contribution in [0.5, 0.6) is 0 Å². The molecule has 1 aromatic carbocycles. The molecule has 0 atom stereocenters. The maximum absolute atomic E-state index is 13.5. The molecular formula is C13H15F2NO4. The van der Waals surface area contributed by atoms with Gasteiger partial charge in [0.05, 0.1) is 23.2 Å². The number of hydrogen-bond donors (Lipinski definition) is 0. The van der Waals surface area contributed by atoms with Gasteiger partial charge < -0.3 is 4.74 Å². The van der Waals surface area contributed by atoms with Crippen LogP contribution in [0.3, 0.4) is 0 Å². The third kappa shape index (κ3) is 4.25. The molecule has 0 bridgehead atoms. The standard InChI is InChI=1S/C13H15F2NO4/c1-2-3-4-5-6-20-13(17)9-7-11(15)12(16(18)19)8-10(9)14/h7-8H,2-6H2,1H3. The number of unbranched alkanes of at least 4 members (excludes halogenated alkanes) is 3. The molecule has 7 heteroatoms. The zero-order valence-corrected chi connectivity index (χ0v) is 11.0. The topological polar surface area (TPSA) is 69.4 Å². The third-order valence-corrected chi connectivity index (χ3v) is 2.68. The van der Waals surface area contributed by atoms with E-state index in [2.05, 4.69) is 0 Å². The third-order valence-electron chi connectivity index (χ3n) is 2.68. The average molecular weight is 287 g/mol. The van der Waals surface area contributed by atoms with E-state index in [1.807, 2.05) is 6.92 Å². The molecule has 0 aliphatic carbocycles. The highest BCUT2D eigenvalue weighted by Gasteiger charge is 2.22. The van der Waals surface area contributed by atoms with Gasteiger partial charge in [-0.15, -0.1) is 0 Å². The Hall–Kier alpha value is -2.05. The number of carbonyl (C=O) groups is 1. The average Bonchev–Trinajstić information content (AvgIpc) is 2.40. The van der Waals surface area contributed by atoms with Crippen LogP contribution < -0.4 is 0 Å². The molecule has 110 valence electrons. The van der Waals surface area contributed by atoms with Crippen LogP contribution in [0.1, 0.15) is 43.0 Å². The molecule has 0 aromatic heterocycles. The van der Waals surface area contributed by atoms with E-state index in [1.54, 1.807) is 0 Å². The number of nitrogens with zero attached hydrogens (tertiary/aromatic N) is 1. The minimum atomic E-state index is -1.27. The Morgan fingerprint density at radius 1 is 1.25 bits per heavy atom. The maximum Gasteiger partial charge on any atom is 0.341 e. The van der Waals surface area contributed by atoms with Crippen LogP contribution in [0.2, 0.25) is 0 Å². The summed E-state index contributed by atoms with van der Waals surface area (Å²) in [6.07, 6.45) is 3.53. The lowest BCUT2D eigenvalue weighted by Gasteiger charge is -2.06. The van der Waals surface area contributed by atoms with Crippen molar-refractivity contribution in [2.75, 3.05) is 6.61 Å². The molecule has 0 radical (unpaired) electrons. The minimum absolute atomic E-state index is 0.108. The molecule has 0 N–H and O–H groups in total. The normalized spacial score (nSPS) is 10.3. The van der Waals surface area contributed by atoms with Gasteiger partial charge in [-0.3, -0.25) is 10.1 Å². The summed E-state index contributed by atoms with van der Waals surface area (Å²) in [5.41, 5.74) is -1.65. The first-order chi connectivity index (χ1) is 9.47. The molecule has 20 heavy (non-hydrogen) atoms. The van der Waals surface area contributed by atoms with Gasteiger partial charge in [-0.1, -0.05) is 26.2 Å². The first kappa shape index (κ1) is 16.0. The smallest absolute Gasteiger partial charge is 0.341 e. The van der Waals surface area contributed by atoms with Crippen molar-refractivity contribution in [3.8, 4) is 0 Å². The van der Waals surface area contributed by atoms with E-state index >= 15 is 0 Å². The molecule has 0 heterocycles. The summed E-state index contributed by atoms with van der Waals surface area (Å²) in [5.74, 6) is -3.46. The van der Waals surface area contributed by atoms with Crippen LogP contribution >= 0.6 is 0 Å². The van der Waals surface area contributed by atoms with Gasteiger partial charge in [0.15, 0.2) is 0 Å². The summed E-state index contributed by atoms with van der Waals surface area (Å²) in [4.78, 5) is 20.9. The van der Waals surface area contributed by atoms with Gasteiger partial charge in [-0.05, 0) is 12.5 Å². The molecule has 1 aromatic rings. The Morgan fingerprint density at radius 2 is 1.95 bits per heavy atom. The molecule has 0 saturated carbocycles. The Labute approximate surface area is 114 Å². The number of carbonyl (C=O) groups excluding carboxylic acids is 1. The van der Waals surface area contributed by atoms with Gasteiger partial charge in [-0.25, -0.2) is 9.18 Å². The second-order valence-corrected chi connectivity index (χ2v) is 4.24. The fourth-order valence-corrected chi connectivity index (χ4v) is 1.60. The maximum atomic E-state index is 13.5. The number of nitro benzene ring substituents is 1. The van der Waals surface area contributed by atoms with Gasteiger partial charge in [0.2, 0.25) is 5.82 Å².